The fraction of sp³-hybridized carbons (Fsp3) is 0.200. The largest absolute Gasteiger partial charge is 0.368 e. The van der Waals surface area contributed by atoms with E-state index in [1.165, 1.54) is 0 Å². The Balaban J connectivity index is 2.44. The van der Waals surface area contributed by atoms with Crippen molar-refractivity contribution < 1.29 is 9.59 Å². The van der Waals surface area contributed by atoms with Crippen molar-refractivity contribution in [2.75, 3.05) is 6.54 Å². The summed E-state index contributed by atoms with van der Waals surface area (Å²) in [4.78, 5) is 21.6. The molecule has 0 unspecified atom stereocenters. The summed E-state index contributed by atoms with van der Waals surface area (Å²) in [6, 6.07) is 6.93. The molecule has 0 bridgehead atoms. The van der Waals surface area contributed by atoms with Gasteiger partial charge in [-0.1, -0.05) is 23.7 Å². The minimum absolute atomic E-state index is 0.133. The topological polar surface area (TPSA) is 72.2 Å². The molecule has 15 heavy (non-hydrogen) atoms. The number of amides is 2. The van der Waals surface area contributed by atoms with Crippen LogP contribution in [0.15, 0.2) is 24.3 Å². The molecule has 0 spiro atoms. The van der Waals surface area contributed by atoms with Gasteiger partial charge in [0.1, 0.15) is 0 Å². The van der Waals surface area contributed by atoms with Crippen molar-refractivity contribution in [1.82, 2.24) is 5.32 Å². The monoisotopic (exact) mass is 226 g/mol. The minimum atomic E-state index is -0.556. The number of rotatable bonds is 4. The third-order valence-corrected chi connectivity index (χ3v) is 1.99. The van der Waals surface area contributed by atoms with Gasteiger partial charge in [0.25, 0.3) is 0 Å². The second-order valence-electron chi connectivity index (χ2n) is 3.05. The lowest BCUT2D eigenvalue weighted by Crippen LogP contribution is -2.34. The van der Waals surface area contributed by atoms with E-state index in [4.69, 9.17) is 17.3 Å². The quantitative estimate of drug-likeness (QED) is 0.784. The summed E-state index contributed by atoms with van der Waals surface area (Å²) in [5, 5.41) is 3.02. The molecule has 1 aromatic rings. The Morgan fingerprint density at radius 1 is 1.27 bits per heavy atom. The summed E-state index contributed by atoms with van der Waals surface area (Å²) in [5.74, 6) is -0.796. The first-order chi connectivity index (χ1) is 7.08. The molecule has 1 aromatic carbocycles. The SMILES string of the molecule is NC(=O)CNC(=O)Cc1ccc(Cl)cc1. The van der Waals surface area contributed by atoms with Gasteiger partial charge in [0.15, 0.2) is 0 Å². The number of primary amides is 1. The number of nitrogens with one attached hydrogen (secondary N) is 1. The van der Waals surface area contributed by atoms with Gasteiger partial charge in [0, 0.05) is 5.02 Å². The van der Waals surface area contributed by atoms with Crippen LogP contribution in [0.3, 0.4) is 0 Å². The Kier molecular flexibility index (Phi) is 4.12. The predicted molar refractivity (Wildman–Crippen MR) is 57.4 cm³/mol. The van der Waals surface area contributed by atoms with Crippen LogP contribution in [0.5, 0.6) is 0 Å². The first kappa shape index (κ1) is 11.5. The first-order valence-corrected chi connectivity index (χ1v) is 4.75. The van der Waals surface area contributed by atoms with Crippen molar-refractivity contribution in [2.24, 2.45) is 5.73 Å². The number of benzene rings is 1. The van der Waals surface area contributed by atoms with Crippen LogP contribution in [-0.4, -0.2) is 18.4 Å². The van der Waals surface area contributed by atoms with Crippen LogP contribution in [0.1, 0.15) is 5.56 Å². The molecule has 0 aliphatic heterocycles. The van der Waals surface area contributed by atoms with Crippen LogP contribution in [0.4, 0.5) is 0 Å². The van der Waals surface area contributed by atoms with Crippen molar-refractivity contribution >= 4 is 23.4 Å². The Hall–Kier alpha value is -1.55. The molecule has 0 saturated heterocycles. The summed E-state index contributed by atoms with van der Waals surface area (Å²) in [5.41, 5.74) is 5.72. The third kappa shape index (κ3) is 4.46. The number of carbonyl (C=O) groups is 2. The highest BCUT2D eigenvalue weighted by molar-refractivity contribution is 6.30. The highest BCUT2D eigenvalue weighted by Gasteiger charge is 2.03. The average Bonchev–Trinajstić information content (AvgIpc) is 2.19. The summed E-state index contributed by atoms with van der Waals surface area (Å²) in [6.07, 6.45) is 0.213. The fourth-order valence-electron chi connectivity index (χ4n) is 1.04. The zero-order valence-electron chi connectivity index (χ0n) is 8.00. The lowest BCUT2D eigenvalue weighted by molar-refractivity contribution is -0.124. The molecule has 0 saturated carbocycles. The second kappa shape index (κ2) is 5.36. The lowest BCUT2D eigenvalue weighted by atomic mass is 10.1. The van der Waals surface area contributed by atoms with Crippen molar-refractivity contribution in [1.29, 1.82) is 0 Å². The van der Waals surface area contributed by atoms with E-state index in [1.807, 2.05) is 0 Å². The van der Waals surface area contributed by atoms with E-state index < -0.39 is 5.91 Å². The van der Waals surface area contributed by atoms with Gasteiger partial charge in [0.2, 0.25) is 11.8 Å². The summed E-state index contributed by atoms with van der Waals surface area (Å²) in [7, 11) is 0. The van der Waals surface area contributed by atoms with Gasteiger partial charge in [-0.15, -0.1) is 0 Å². The molecular formula is C10H11ClN2O2. The maximum absolute atomic E-state index is 11.2. The van der Waals surface area contributed by atoms with E-state index in [9.17, 15) is 9.59 Å². The molecule has 0 aromatic heterocycles. The molecule has 0 atom stereocenters. The zero-order valence-corrected chi connectivity index (χ0v) is 8.75. The van der Waals surface area contributed by atoms with E-state index in [-0.39, 0.29) is 18.9 Å². The molecule has 0 aliphatic carbocycles. The Labute approximate surface area is 92.4 Å². The molecule has 1 rings (SSSR count). The molecule has 3 N–H and O–H groups in total. The van der Waals surface area contributed by atoms with E-state index in [0.29, 0.717) is 5.02 Å². The summed E-state index contributed by atoms with van der Waals surface area (Å²) >= 11 is 5.69. The van der Waals surface area contributed by atoms with Crippen LogP contribution < -0.4 is 11.1 Å². The van der Waals surface area contributed by atoms with Gasteiger partial charge >= 0.3 is 0 Å². The Morgan fingerprint density at radius 3 is 2.40 bits per heavy atom. The number of hydrogen-bond acceptors (Lipinski definition) is 2. The maximum Gasteiger partial charge on any atom is 0.236 e. The van der Waals surface area contributed by atoms with E-state index >= 15 is 0 Å². The highest BCUT2D eigenvalue weighted by atomic mass is 35.5. The third-order valence-electron chi connectivity index (χ3n) is 1.74. The normalized spacial score (nSPS) is 9.67. The Bertz CT molecular complexity index is 362. The van der Waals surface area contributed by atoms with E-state index in [0.717, 1.165) is 5.56 Å². The predicted octanol–water partition coefficient (Wildman–Crippen LogP) is 0.484. The lowest BCUT2D eigenvalue weighted by Gasteiger charge is -2.02. The van der Waals surface area contributed by atoms with Gasteiger partial charge in [-0.2, -0.15) is 0 Å². The van der Waals surface area contributed by atoms with Crippen molar-refractivity contribution in [3.8, 4) is 0 Å². The number of carbonyl (C=O) groups excluding carboxylic acids is 2. The molecule has 0 heterocycles. The summed E-state index contributed by atoms with van der Waals surface area (Å²) < 4.78 is 0. The molecule has 4 nitrogen and oxygen atoms in total. The second-order valence-corrected chi connectivity index (χ2v) is 3.48. The molecule has 0 fully saturated rings. The molecule has 0 radical (unpaired) electrons. The number of nitrogens with two attached hydrogens (primary N) is 1. The number of halogens is 1. The van der Waals surface area contributed by atoms with Gasteiger partial charge < -0.3 is 11.1 Å². The zero-order chi connectivity index (χ0) is 11.3. The van der Waals surface area contributed by atoms with Crippen molar-refractivity contribution in [3.63, 3.8) is 0 Å². The fourth-order valence-corrected chi connectivity index (χ4v) is 1.16. The molecular weight excluding hydrogens is 216 g/mol. The van der Waals surface area contributed by atoms with Crippen LogP contribution in [-0.2, 0) is 16.0 Å². The van der Waals surface area contributed by atoms with Crippen LogP contribution in [0, 0.1) is 0 Å². The molecule has 0 aliphatic rings. The van der Waals surface area contributed by atoms with Gasteiger partial charge in [-0.05, 0) is 17.7 Å². The summed E-state index contributed by atoms with van der Waals surface area (Å²) in [6.45, 7) is -0.133. The van der Waals surface area contributed by atoms with Crippen LogP contribution in [0.25, 0.3) is 0 Å². The molecule has 2 amide bonds. The highest BCUT2D eigenvalue weighted by Crippen LogP contribution is 2.09. The van der Waals surface area contributed by atoms with Crippen LogP contribution in [0.2, 0.25) is 5.02 Å². The van der Waals surface area contributed by atoms with Crippen molar-refractivity contribution in [2.45, 2.75) is 6.42 Å². The van der Waals surface area contributed by atoms with E-state index in [2.05, 4.69) is 5.32 Å². The van der Waals surface area contributed by atoms with Crippen LogP contribution >= 0.6 is 11.6 Å². The molecule has 5 heteroatoms. The van der Waals surface area contributed by atoms with Gasteiger partial charge in [-0.3, -0.25) is 9.59 Å². The number of hydrogen-bond donors (Lipinski definition) is 2. The molecule has 80 valence electrons. The smallest absolute Gasteiger partial charge is 0.236 e. The average molecular weight is 227 g/mol. The Morgan fingerprint density at radius 2 is 1.87 bits per heavy atom. The van der Waals surface area contributed by atoms with Gasteiger partial charge in [-0.25, -0.2) is 0 Å². The standard InChI is InChI=1S/C10H11ClN2O2/c11-8-3-1-7(2-4-8)5-10(15)13-6-9(12)14/h1-4H,5-6H2,(H2,12,14)(H,13,15). The minimum Gasteiger partial charge on any atom is -0.368 e. The van der Waals surface area contributed by atoms with Crippen molar-refractivity contribution in [3.05, 3.63) is 34.9 Å². The maximum atomic E-state index is 11.2. The van der Waals surface area contributed by atoms with Gasteiger partial charge in [0.05, 0.1) is 13.0 Å². The first-order valence-electron chi connectivity index (χ1n) is 4.37. The van der Waals surface area contributed by atoms with E-state index in [1.54, 1.807) is 24.3 Å².